The van der Waals surface area contributed by atoms with Gasteiger partial charge in [-0.25, -0.2) is 4.39 Å². The predicted octanol–water partition coefficient (Wildman–Crippen LogP) is 2.05. The van der Waals surface area contributed by atoms with E-state index in [0.29, 0.717) is 23.7 Å². The smallest absolute Gasteiger partial charge is 0.224 e. The number of hydrogen-bond acceptors (Lipinski definition) is 2. The fourth-order valence-corrected chi connectivity index (χ4v) is 2.52. The molecule has 1 N–H and O–H groups in total. The van der Waals surface area contributed by atoms with Crippen molar-refractivity contribution in [1.29, 1.82) is 0 Å². The first-order valence-electron chi connectivity index (χ1n) is 5.98. The van der Waals surface area contributed by atoms with Crippen LogP contribution in [-0.2, 0) is 11.3 Å². The van der Waals surface area contributed by atoms with Gasteiger partial charge in [-0.2, -0.15) is 0 Å². The van der Waals surface area contributed by atoms with Crippen molar-refractivity contribution in [2.24, 2.45) is 5.92 Å². The highest BCUT2D eigenvalue weighted by Gasteiger charge is 2.28. The largest absolute Gasteiger partial charge is 0.359 e. The molecule has 5 heteroatoms. The Morgan fingerprint density at radius 1 is 1.61 bits per heavy atom. The number of rotatable bonds is 3. The van der Waals surface area contributed by atoms with Gasteiger partial charge in [-0.3, -0.25) is 9.69 Å². The third kappa shape index (κ3) is 2.82. The Labute approximate surface area is 111 Å². The molecule has 0 spiro atoms. The van der Waals surface area contributed by atoms with E-state index in [1.807, 2.05) is 0 Å². The van der Waals surface area contributed by atoms with Crippen LogP contribution in [0.3, 0.4) is 0 Å². The molecule has 1 aliphatic rings. The molecular formula is C13H16ClFN2O. The van der Waals surface area contributed by atoms with Gasteiger partial charge in [0.05, 0.1) is 5.92 Å². The minimum Gasteiger partial charge on any atom is -0.359 e. The van der Waals surface area contributed by atoms with E-state index in [1.54, 1.807) is 19.2 Å². The molecule has 2 rings (SSSR count). The Morgan fingerprint density at radius 2 is 2.39 bits per heavy atom. The van der Waals surface area contributed by atoms with Gasteiger partial charge in [0.15, 0.2) is 0 Å². The van der Waals surface area contributed by atoms with E-state index in [1.165, 1.54) is 6.07 Å². The number of amides is 1. The van der Waals surface area contributed by atoms with Gasteiger partial charge in [-0.15, -0.1) is 0 Å². The van der Waals surface area contributed by atoms with Gasteiger partial charge in [-0.05, 0) is 25.1 Å². The van der Waals surface area contributed by atoms with E-state index in [-0.39, 0.29) is 17.6 Å². The first kappa shape index (κ1) is 13.3. The number of nitrogens with one attached hydrogen (secondary N) is 1. The van der Waals surface area contributed by atoms with Crippen LogP contribution in [0.15, 0.2) is 18.2 Å². The molecule has 1 saturated heterocycles. The molecule has 1 aliphatic heterocycles. The van der Waals surface area contributed by atoms with Gasteiger partial charge < -0.3 is 5.32 Å². The van der Waals surface area contributed by atoms with Crippen LogP contribution in [0.1, 0.15) is 12.0 Å². The van der Waals surface area contributed by atoms with Crippen LogP contribution in [0.4, 0.5) is 4.39 Å². The lowest BCUT2D eigenvalue weighted by Gasteiger charge is -2.17. The number of carbonyl (C=O) groups excluding carboxylic acids is 1. The molecule has 0 saturated carbocycles. The van der Waals surface area contributed by atoms with Gasteiger partial charge in [0.25, 0.3) is 0 Å². The molecular weight excluding hydrogens is 255 g/mol. The summed E-state index contributed by atoms with van der Waals surface area (Å²) in [6.07, 6.45) is 0.811. The maximum Gasteiger partial charge on any atom is 0.224 e. The lowest BCUT2D eigenvalue weighted by atomic mass is 10.1. The van der Waals surface area contributed by atoms with Gasteiger partial charge in [0, 0.05) is 30.7 Å². The van der Waals surface area contributed by atoms with Gasteiger partial charge in [0.1, 0.15) is 5.82 Å². The Kier molecular flexibility index (Phi) is 4.19. The van der Waals surface area contributed by atoms with E-state index in [9.17, 15) is 9.18 Å². The Bertz CT molecular complexity index is 432. The first-order chi connectivity index (χ1) is 8.61. The number of halogens is 2. The highest BCUT2D eigenvalue weighted by Crippen LogP contribution is 2.24. The summed E-state index contributed by atoms with van der Waals surface area (Å²) in [6, 6.07) is 4.69. The van der Waals surface area contributed by atoms with E-state index in [4.69, 9.17) is 11.6 Å². The molecule has 1 heterocycles. The first-order valence-corrected chi connectivity index (χ1v) is 6.36. The van der Waals surface area contributed by atoms with E-state index < -0.39 is 0 Å². The molecule has 18 heavy (non-hydrogen) atoms. The van der Waals surface area contributed by atoms with Crippen molar-refractivity contribution in [3.63, 3.8) is 0 Å². The van der Waals surface area contributed by atoms with Crippen LogP contribution in [0.2, 0.25) is 5.02 Å². The summed E-state index contributed by atoms with van der Waals surface area (Å²) in [4.78, 5) is 13.6. The van der Waals surface area contributed by atoms with Crippen molar-refractivity contribution >= 4 is 17.5 Å². The zero-order valence-corrected chi connectivity index (χ0v) is 11.0. The minimum absolute atomic E-state index is 0.000508. The van der Waals surface area contributed by atoms with Crippen molar-refractivity contribution < 1.29 is 9.18 Å². The third-order valence-corrected chi connectivity index (χ3v) is 3.69. The number of nitrogens with zero attached hydrogens (tertiary/aromatic N) is 1. The van der Waals surface area contributed by atoms with Crippen LogP contribution < -0.4 is 5.32 Å². The topological polar surface area (TPSA) is 32.3 Å². The lowest BCUT2D eigenvalue weighted by Crippen LogP contribution is -2.30. The van der Waals surface area contributed by atoms with Gasteiger partial charge >= 0.3 is 0 Å². The molecule has 1 aromatic rings. The highest BCUT2D eigenvalue weighted by atomic mass is 35.5. The number of likely N-dealkylation sites (tertiary alicyclic amines) is 1. The highest BCUT2D eigenvalue weighted by molar-refractivity contribution is 6.31. The molecule has 0 bridgehead atoms. The quantitative estimate of drug-likeness (QED) is 0.912. The average Bonchev–Trinajstić information content (AvgIpc) is 2.81. The zero-order chi connectivity index (χ0) is 13.1. The second-order valence-corrected chi connectivity index (χ2v) is 4.94. The normalized spacial score (nSPS) is 20.1. The molecule has 1 amide bonds. The molecule has 0 unspecified atom stereocenters. The lowest BCUT2D eigenvalue weighted by molar-refractivity contribution is -0.124. The molecule has 98 valence electrons. The predicted molar refractivity (Wildman–Crippen MR) is 68.9 cm³/mol. The SMILES string of the molecule is CNC(=O)[C@H]1CCN(Cc2c(F)cccc2Cl)C1. The summed E-state index contributed by atoms with van der Waals surface area (Å²) in [7, 11) is 1.64. The molecule has 1 fully saturated rings. The minimum atomic E-state index is -0.286. The standard InChI is InChI=1S/C13H16ClFN2O/c1-16-13(18)9-5-6-17(7-9)8-10-11(14)3-2-4-12(10)15/h2-4,9H,5-8H2,1H3,(H,16,18)/t9-/m0/s1. The second-order valence-electron chi connectivity index (χ2n) is 4.54. The van der Waals surface area contributed by atoms with Crippen molar-refractivity contribution in [2.45, 2.75) is 13.0 Å². The summed E-state index contributed by atoms with van der Waals surface area (Å²) in [5.74, 6) is -0.233. The van der Waals surface area contributed by atoms with Crippen molar-refractivity contribution in [3.05, 3.63) is 34.6 Å². The third-order valence-electron chi connectivity index (χ3n) is 3.33. The van der Waals surface area contributed by atoms with Crippen molar-refractivity contribution in [2.75, 3.05) is 20.1 Å². The van der Waals surface area contributed by atoms with Gasteiger partial charge in [0.2, 0.25) is 5.91 Å². The summed E-state index contributed by atoms with van der Waals surface area (Å²) in [5.41, 5.74) is 0.511. The van der Waals surface area contributed by atoms with Crippen LogP contribution in [0.5, 0.6) is 0 Å². The number of benzene rings is 1. The average molecular weight is 271 g/mol. The van der Waals surface area contributed by atoms with E-state index in [2.05, 4.69) is 10.2 Å². The summed E-state index contributed by atoms with van der Waals surface area (Å²) < 4.78 is 13.6. The Balaban J connectivity index is 2.02. The van der Waals surface area contributed by atoms with E-state index >= 15 is 0 Å². The van der Waals surface area contributed by atoms with Crippen LogP contribution in [0, 0.1) is 11.7 Å². The summed E-state index contributed by atoms with van der Waals surface area (Å²) in [5, 5.41) is 3.09. The summed E-state index contributed by atoms with van der Waals surface area (Å²) >= 11 is 5.99. The Morgan fingerprint density at radius 3 is 3.06 bits per heavy atom. The summed E-state index contributed by atoms with van der Waals surface area (Å²) in [6.45, 7) is 1.91. The molecule has 0 aliphatic carbocycles. The van der Waals surface area contributed by atoms with E-state index in [0.717, 1.165) is 13.0 Å². The number of carbonyl (C=O) groups is 1. The van der Waals surface area contributed by atoms with Crippen LogP contribution in [-0.4, -0.2) is 30.9 Å². The maximum atomic E-state index is 13.6. The monoisotopic (exact) mass is 270 g/mol. The van der Waals surface area contributed by atoms with Crippen molar-refractivity contribution in [3.8, 4) is 0 Å². The fraction of sp³-hybridized carbons (Fsp3) is 0.462. The maximum absolute atomic E-state index is 13.6. The van der Waals surface area contributed by atoms with Crippen molar-refractivity contribution in [1.82, 2.24) is 10.2 Å². The van der Waals surface area contributed by atoms with Gasteiger partial charge in [-0.1, -0.05) is 17.7 Å². The molecule has 0 radical (unpaired) electrons. The molecule has 1 aromatic carbocycles. The molecule has 3 nitrogen and oxygen atoms in total. The second kappa shape index (κ2) is 5.67. The zero-order valence-electron chi connectivity index (χ0n) is 10.2. The van der Waals surface area contributed by atoms with Crippen LogP contribution >= 0.6 is 11.6 Å². The number of hydrogen-bond donors (Lipinski definition) is 1. The molecule has 1 atom stereocenters. The van der Waals surface area contributed by atoms with Crippen LogP contribution in [0.25, 0.3) is 0 Å². The Hall–Kier alpha value is -1.13. The molecule has 0 aromatic heterocycles. The fourth-order valence-electron chi connectivity index (χ4n) is 2.30.